The summed E-state index contributed by atoms with van der Waals surface area (Å²) in [5.74, 6) is 0. The van der Waals surface area contributed by atoms with E-state index in [9.17, 15) is 5.11 Å². The predicted molar refractivity (Wildman–Crippen MR) is 71.0 cm³/mol. The predicted octanol–water partition coefficient (Wildman–Crippen LogP) is 2.46. The summed E-state index contributed by atoms with van der Waals surface area (Å²) in [6, 6.07) is 10.3. The van der Waals surface area contributed by atoms with Crippen LogP contribution in [-0.2, 0) is 6.42 Å². The molecule has 0 aliphatic carbocycles. The van der Waals surface area contributed by atoms with Gasteiger partial charge in [0.25, 0.3) is 0 Å². The van der Waals surface area contributed by atoms with E-state index in [-0.39, 0.29) is 11.6 Å². The zero-order valence-electron chi connectivity index (χ0n) is 10.9. The van der Waals surface area contributed by atoms with Crippen molar-refractivity contribution in [1.29, 1.82) is 0 Å². The lowest BCUT2D eigenvalue weighted by molar-refractivity contribution is 0.00337. The Kier molecular flexibility index (Phi) is 3.85. The number of rotatable bonds is 4. The molecule has 94 valence electrons. The van der Waals surface area contributed by atoms with Crippen LogP contribution in [0, 0.1) is 0 Å². The van der Waals surface area contributed by atoms with Crippen molar-refractivity contribution < 1.29 is 5.11 Å². The molecule has 2 nitrogen and oxygen atoms in total. The molecule has 1 aliphatic rings. The van der Waals surface area contributed by atoms with Crippen molar-refractivity contribution in [2.45, 2.75) is 44.8 Å². The summed E-state index contributed by atoms with van der Waals surface area (Å²) in [6.45, 7) is 6.57. The van der Waals surface area contributed by atoms with Gasteiger partial charge in [-0.3, -0.25) is 4.90 Å². The molecule has 1 saturated heterocycles. The van der Waals surface area contributed by atoms with Gasteiger partial charge in [0, 0.05) is 12.0 Å². The van der Waals surface area contributed by atoms with Crippen LogP contribution in [0.5, 0.6) is 0 Å². The smallest absolute Gasteiger partial charge is 0.0758 e. The third-order valence-electron chi connectivity index (χ3n) is 4.01. The summed E-state index contributed by atoms with van der Waals surface area (Å²) in [5.41, 5.74) is 1.10. The molecule has 1 fully saturated rings. The molecule has 2 rings (SSSR count). The molecular formula is C15H23NO. The van der Waals surface area contributed by atoms with E-state index in [1.807, 2.05) is 18.2 Å². The standard InChI is InChI=1S/C15H23NO/c1-15(2,16-10-6-7-11-16)14(17)12-13-8-4-3-5-9-13/h3-5,8-9,14,17H,6-7,10-12H2,1-2H3. The van der Waals surface area contributed by atoms with Crippen molar-refractivity contribution in [2.75, 3.05) is 13.1 Å². The highest BCUT2D eigenvalue weighted by Gasteiger charge is 2.35. The lowest BCUT2D eigenvalue weighted by atomic mass is 9.90. The summed E-state index contributed by atoms with van der Waals surface area (Å²) in [6.07, 6.45) is 2.97. The van der Waals surface area contributed by atoms with Crippen LogP contribution in [0.3, 0.4) is 0 Å². The van der Waals surface area contributed by atoms with Gasteiger partial charge in [0.15, 0.2) is 0 Å². The van der Waals surface area contributed by atoms with Gasteiger partial charge in [-0.1, -0.05) is 30.3 Å². The van der Waals surface area contributed by atoms with Crippen LogP contribution < -0.4 is 0 Å². The Morgan fingerprint density at radius 1 is 1.18 bits per heavy atom. The van der Waals surface area contributed by atoms with Gasteiger partial charge in [-0.05, 0) is 45.3 Å². The van der Waals surface area contributed by atoms with Gasteiger partial charge in [-0.15, -0.1) is 0 Å². The molecule has 1 aromatic carbocycles. The van der Waals surface area contributed by atoms with E-state index in [0.29, 0.717) is 0 Å². The van der Waals surface area contributed by atoms with Crippen LogP contribution in [0.4, 0.5) is 0 Å². The number of benzene rings is 1. The normalized spacial score (nSPS) is 19.5. The fourth-order valence-corrected chi connectivity index (χ4v) is 2.59. The quantitative estimate of drug-likeness (QED) is 0.863. The van der Waals surface area contributed by atoms with E-state index < -0.39 is 0 Å². The lowest BCUT2D eigenvalue weighted by Crippen LogP contribution is -2.51. The van der Waals surface area contributed by atoms with E-state index in [1.54, 1.807) is 0 Å². The molecule has 1 unspecified atom stereocenters. The Hall–Kier alpha value is -0.860. The van der Waals surface area contributed by atoms with Crippen molar-refractivity contribution in [3.63, 3.8) is 0 Å². The largest absolute Gasteiger partial charge is 0.391 e. The zero-order valence-corrected chi connectivity index (χ0v) is 10.9. The third-order valence-corrected chi connectivity index (χ3v) is 4.01. The minimum atomic E-state index is -0.303. The highest BCUT2D eigenvalue weighted by atomic mass is 16.3. The van der Waals surface area contributed by atoms with Gasteiger partial charge < -0.3 is 5.11 Å². The minimum Gasteiger partial charge on any atom is -0.391 e. The molecule has 0 aromatic heterocycles. The Morgan fingerprint density at radius 3 is 2.35 bits per heavy atom. The van der Waals surface area contributed by atoms with E-state index >= 15 is 0 Å². The summed E-state index contributed by atoms with van der Waals surface area (Å²) in [5, 5.41) is 10.4. The van der Waals surface area contributed by atoms with Gasteiger partial charge in [0.05, 0.1) is 6.10 Å². The van der Waals surface area contributed by atoms with E-state index in [0.717, 1.165) is 19.5 Å². The molecule has 0 bridgehead atoms. The maximum atomic E-state index is 10.4. The first-order chi connectivity index (χ1) is 8.10. The Morgan fingerprint density at radius 2 is 1.76 bits per heavy atom. The van der Waals surface area contributed by atoms with Crippen molar-refractivity contribution in [3.05, 3.63) is 35.9 Å². The van der Waals surface area contributed by atoms with Gasteiger partial charge in [0.1, 0.15) is 0 Å². The molecule has 1 aliphatic heterocycles. The number of hydrogen-bond acceptors (Lipinski definition) is 2. The Labute approximate surface area is 104 Å². The summed E-state index contributed by atoms with van der Waals surface area (Å²) in [4.78, 5) is 2.42. The molecule has 1 atom stereocenters. The molecule has 1 N–H and O–H groups in total. The SMILES string of the molecule is CC(C)(C(O)Cc1ccccc1)N1CCCC1. The molecule has 2 heteroatoms. The molecule has 0 saturated carbocycles. The van der Waals surface area contributed by atoms with Crippen molar-refractivity contribution >= 4 is 0 Å². The van der Waals surface area contributed by atoms with Gasteiger partial charge >= 0.3 is 0 Å². The van der Waals surface area contributed by atoms with E-state index in [2.05, 4.69) is 30.9 Å². The van der Waals surface area contributed by atoms with Crippen LogP contribution in [-0.4, -0.2) is 34.7 Å². The molecular weight excluding hydrogens is 210 g/mol. The average Bonchev–Trinajstić information content (AvgIpc) is 2.84. The maximum absolute atomic E-state index is 10.4. The zero-order chi connectivity index (χ0) is 12.3. The molecule has 1 heterocycles. The molecule has 0 amide bonds. The lowest BCUT2D eigenvalue weighted by Gasteiger charge is -2.39. The minimum absolute atomic E-state index is 0.119. The van der Waals surface area contributed by atoms with Crippen LogP contribution in [0.2, 0.25) is 0 Å². The van der Waals surface area contributed by atoms with Crippen LogP contribution in [0.25, 0.3) is 0 Å². The van der Waals surface area contributed by atoms with Crippen molar-refractivity contribution in [1.82, 2.24) is 4.90 Å². The van der Waals surface area contributed by atoms with Crippen molar-refractivity contribution in [3.8, 4) is 0 Å². The van der Waals surface area contributed by atoms with Gasteiger partial charge in [-0.2, -0.15) is 0 Å². The van der Waals surface area contributed by atoms with Crippen LogP contribution in [0.1, 0.15) is 32.3 Å². The third kappa shape index (κ3) is 2.88. The number of likely N-dealkylation sites (tertiary alicyclic amines) is 1. The second-order valence-corrected chi connectivity index (χ2v) is 5.55. The maximum Gasteiger partial charge on any atom is 0.0758 e. The fourth-order valence-electron chi connectivity index (χ4n) is 2.59. The Balaban J connectivity index is 2.01. The number of hydrogen-bond donors (Lipinski definition) is 1. The first-order valence-electron chi connectivity index (χ1n) is 6.58. The van der Waals surface area contributed by atoms with Crippen LogP contribution in [0.15, 0.2) is 30.3 Å². The van der Waals surface area contributed by atoms with E-state index in [4.69, 9.17) is 0 Å². The summed E-state index contributed by atoms with van der Waals surface area (Å²) < 4.78 is 0. The average molecular weight is 233 g/mol. The molecule has 17 heavy (non-hydrogen) atoms. The monoisotopic (exact) mass is 233 g/mol. The highest BCUT2D eigenvalue weighted by Crippen LogP contribution is 2.26. The van der Waals surface area contributed by atoms with Crippen LogP contribution >= 0.6 is 0 Å². The second kappa shape index (κ2) is 5.19. The molecule has 0 radical (unpaired) electrons. The van der Waals surface area contributed by atoms with Crippen molar-refractivity contribution in [2.24, 2.45) is 0 Å². The topological polar surface area (TPSA) is 23.5 Å². The first-order valence-corrected chi connectivity index (χ1v) is 6.58. The number of nitrogens with zero attached hydrogens (tertiary/aromatic N) is 1. The number of aliphatic hydroxyl groups is 1. The Bertz CT molecular complexity index is 341. The second-order valence-electron chi connectivity index (χ2n) is 5.55. The van der Waals surface area contributed by atoms with Gasteiger partial charge in [0.2, 0.25) is 0 Å². The summed E-state index contributed by atoms with van der Waals surface area (Å²) in [7, 11) is 0. The fraction of sp³-hybridized carbons (Fsp3) is 0.600. The number of aliphatic hydroxyl groups excluding tert-OH is 1. The molecule has 1 aromatic rings. The first kappa shape index (κ1) is 12.6. The van der Waals surface area contributed by atoms with E-state index in [1.165, 1.54) is 18.4 Å². The highest BCUT2D eigenvalue weighted by molar-refractivity contribution is 5.16. The van der Waals surface area contributed by atoms with Gasteiger partial charge in [-0.25, -0.2) is 0 Å². The summed E-state index contributed by atoms with van der Waals surface area (Å²) >= 11 is 0. The molecule has 0 spiro atoms.